The normalized spacial score (nSPS) is 12.7. The van der Waals surface area contributed by atoms with Crippen LogP contribution in [0.5, 0.6) is 0 Å². The molecule has 0 aliphatic carbocycles. The van der Waals surface area contributed by atoms with Crippen molar-refractivity contribution < 1.29 is 18.1 Å². The number of halogens is 3. The maximum atomic E-state index is 13.9. The van der Waals surface area contributed by atoms with Crippen molar-refractivity contribution in [3.8, 4) is 17.5 Å². The zero-order valence-electron chi connectivity index (χ0n) is 17.6. The topological polar surface area (TPSA) is 148 Å². The molecule has 4 rings (SSSR count). The molecule has 0 aliphatic rings. The number of aryl methyl sites for hydroxylation is 1. The molecule has 34 heavy (non-hydrogen) atoms. The molecule has 4 heterocycles. The quantitative estimate of drug-likeness (QED) is 0.433. The number of nitriles is 1. The van der Waals surface area contributed by atoms with Gasteiger partial charge in [0.25, 0.3) is 5.95 Å². The number of nitrogens with one attached hydrogen (secondary N) is 1. The number of carbonyl (C=O) groups excluding carboxylic acids is 1. The van der Waals surface area contributed by atoms with Gasteiger partial charge in [0.2, 0.25) is 5.82 Å². The van der Waals surface area contributed by atoms with Gasteiger partial charge in [-0.15, -0.1) is 5.10 Å². The largest absolute Gasteiger partial charge is 0.347 e. The zero-order chi connectivity index (χ0) is 24.5. The predicted octanol–water partition coefficient (Wildman–Crippen LogP) is 2.19. The van der Waals surface area contributed by atoms with E-state index >= 15 is 0 Å². The predicted molar refractivity (Wildman–Crippen MR) is 111 cm³/mol. The molecule has 4 aromatic rings. The van der Waals surface area contributed by atoms with E-state index < -0.39 is 34.5 Å². The SMILES string of the molecule is Cn1ncc(C(C)(CNC(=O)c2nc(-c3cnnc(F)c3F)no2)c2cccc(C#N)n2)c1Cl. The minimum absolute atomic E-state index is 0.0589. The summed E-state index contributed by atoms with van der Waals surface area (Å²) in [5.41, 5.74) is -0.253. The Hall–Kier alpha value is -4.31. The number of hydrogen-bond donors (Lipinski definition) is 1. The van der Waals surface area contributed by atoms with Crippen LogP contribution in [0, 0.1) is 23.1 Å². The van der Waals surface area contributed by atoms with E-state index in [0.717, 1.165) is 6.20 Å². The van der Waals surface area contributed by atoms with E-state index in [1.165, 1.54) is 10.9 Å². The van der Waals surface area contributed by atoms with E-state index in [1.54, 1.807) is 32.2 Å². The fourth-order valence-corrected chi connectivity index (χ4v) is 3.48. The lowest BCUT2D eigenvalue weighted by molar-refractivity contribution is 0.0903. The maximum absolute atomic E-state index is 13.9. The Labute approximate surface area is 195 Å². The molecule has 4 aromatic heterocycles. The van der Waals surface area contributed by atoms with Crippen LogP contribution in [0.25, 0.3) is 11.4 Å². The van der Waals surface area contributed by atoms with E-state index in [0.29, 0.717) is 16.4 Å². The molecule has 0 saturated carbocycles. The molecule has 172 valence electrons. The summed E-state index contributed by atoms with van der Waals surface area (Å²) in [6.45, 7) is 1.70. The van der Waals surface area contributed by atoms with E-state index in [9.17, 15) is 18.8 Å². The summed E-state index contributed by atoms with van der Waals surface area (Å²) in [7, 11) is 1.65. The highest BCUT2D eigenvalue weighted by Gasteiger charge is 2.36. The number of amides is 1. The van der Waals surface area contributed by atoms with Crippen LogP contribution in [0.1, 0.15) is 34.6 Å². The molecule has 0 radical (unpaired) electrons. The third-order valence-corrected chi connectivity index (χ3v) is 5.55. The second-order valence-corrected chi connectivity index (χ2v) is 7.65. The first-order chi connectivity index (χ1) is 16.2. The Bertz CT molecular complexity index is 1430. The van der Waals surface area contributed by atoms with Crippen molar-refractivity contribution in [3.05, 3.63) is 70.4 Å². The number of carbonyl (C=O) groups is 1. The van der Waals surface area contributed by atoms with Gasteiger partial charge in [0.05, 0.1) is 29.1 Å². The first kappa shape index (κ1) is 22.9. The summed E-state index contributed by atoms with van der Waals surface area (Å²) in [6.07, 6.45) is 2.44. The summed E-state index contributed by atoms with van der Waals surface area (Å²) in [6, 6.07) is 6.87. The molecule has 0 aromatic carbocycles. The van der Waals surface area contributed by atoms with Crippen LogP contribution in [-0.4, -0.2) is 47.6 Å². The van der Waals surface area contributed by atoms with Crippen molar-refractivity contribution in [1.29, 1.82) is 5.26 Å². The molecule has 0 fully saturated rings. The number of aromatic nitrogens is 7. The fraction of sp³-hybridized carbons (Fsp3) is 0.200. The van der Waals surface area contributed by atoms with Crippen molar-refractivity contribution in [2.75, 3.05) is 6.54 Å². The summed E-state index contributed by atoms with van der Waals surface area (Å²) < 4.78 is 33.6. The molecule has 1 unspecified atom stereocenters. The fourth-order valence-electron chi connectivity index (χ4n) is 3.18. The Morgan fingerprint density at radius 2 is 2.12 bits per heavy atom. The molecule has 1 atom stereocenters. The van der Waals surface area contributed by atoms with Crippen LogP contribution in [0.3, 0.4) is 0 Å². The van der Waals surface area contributed by atoms with Crippen LogP contribution >= 0.6 is 11.6 Å². The molecule has 0 spiro atoms. The van der Waals surface area contributed by atoms with E-state index in [-0.39, 0.29) is 18.1 Å². The van der Waals surface area contributed by atoms with Crippen molar-refractivity contribution in [3.63, 3.8) is 0 Å². The van der Waals surface area contributed by atoms with E-state index in [1.807, 2.05) is 6.07 Å². The zero-order valence-corrected chi connectivity index (χ0v) is 18.4. The van der Waals surface area contributed by atoms with Gasteiger partial charge in [0.15, 0.2) is 5.82 Å². The van der Waals surface area contributed by atoms with Crippen molar-refractivity contribution in [1.82, 2.24) is 40.4 Å². The highest BCUT2D eigenvalue weighted by atomic mass is 35.5. The average molecular weight is 486 g/mol. The Balaban J connectivity index is 1.63. The number of nitrogens with zero attached hydrogens (tertiary/aromatic N) is 8. The van der Waals surface area contributed by atoms with Gasteiger partial charge in [-0.2, -0.15) is 24.8 Å². The molecule has 11 nitrogen and oxygen atoms in total. The summed E-state index contributed by atoms with van der Waals surface area (Å²) >= 11 is 6.42. The molecule has 0 bridgehead atoms. The molecule has 0 saturated heterocycles. The van der Waals surface area contributed by atoms with Gasteiger partial charge >= 0.3 is 11.8 Å². The standard InChI is InChI=1S/C20H14ClF2N9O2/c1-20(12-8-27-32(2)15(12)21,13-5-3-4-10(6-24)28-13)9-25-18(33)19-29-17(31-34-19)11-7-26-30-16(23)14(11)22/h3-5,7-8H,9H2,1-2H3,(H,25,33). The monoisotopic (exact) mass is 485 g/mol. The van der Waals surface area contributed by atoms with Crippen LogP contribution in [-0.2, 0) is 12.5 Å². The van der Waals surface area contributed by atoms with Crippen molar-refractivity contribution in [2.24, 2.45) is 7.05 Å². The number of rotatable bonds is 6. The first-order valence-corrected chi connectivity index (χ1v) is 9.97. The molecule has 1 amide bonds. The molecule has 1 N–H and O–H groups in total. The molecule has 14 heteroatoms. The Morgan fingerprint density at radius 1 is 1.32 bits per heavy atom. The lowest BCUT2D eigenvalue weighted by atomic mass is 9.80. The average Bonchev–Trinajstić information content (AvgIpc) is 3.46. The lowest BCUT2D eigenvalue weighted by Gasteiger charge is -2.29. The second-order valence-electron chi connectivity index (χ2n) is 7.29. The summed E-state index contributed by atoms with van der Waals surface area (Å²) in [5.74, 6) is -4.43. The van der Waals surface area contributed by atoms with E-state index in [2.05, 4.69) is 35.7 Å². The summed E-state index contributed by atoms with van der Waals surface area (Å²) in [4.78, 5) is 20.9. The second kappa shape index (κ2) is 8.91. The van der Waals surface area contributed by atoms with Crippen molar-refractivity contribution >= 4 is 17.5 Å². The third-order valence-electron chi connectivity index (χ3n) is 5.10. The number of hydrogen-bond acceptors (Lipinski definition) is 9. The van der Waals surface area contributed by atoms with Gasteiger partial charge in [-0.3, -0.25) is 9.48 Å². The Morgan fingerprint density at radius 3 is 2.82 bits per heavy atom. The van der Waals surface area contributed by atoms with Gasteiger partial charge in [-0.05, 0) is 19.1 Å². The lowest BCUT2D eigenvalue weighted by Crippen LogP contribution is -2.40. The van der Waals surface area contributed by atoms with Crippen LogP contribution < -0.4 is 5.32 Å². The highest BCUT2D eigenvalue weighted by molar-refractivity contribution is 6.30. The Kier molecular flexibility index (Phi) is 5.99. The smallest absolute Gasteiger partial charge is 0.316 e. The maximum Gasteiger partial charge on any atom is 0.316 e. The van der Waals surface area contributed by atoms with Gasteiger partial charge < -0.3 is 9.84 Å². The highest BCUT2D eigenvalue weighted by Crippen LogP contribution is 2.35. The first-order valence-electron chi connectivity index (χ1n) is 9.59. The van der Waals surface area contributed by atoms with Gasteiger partial charge in [0, 0.05) is 19.2 Å². The van der Waals surface area contributed by atoms with Gasteiger partial charge in [-0.25, -0.2) is 9.37 Å². The summed E-state index contributed by atoms with van der Waals surface area (Å²) in [5, 5.41) is 26.1. The minimum atomic E-state index is -1.44. The van der Waals surface area contributed by atoms with Gasteiger partial charge in [0.1, 0.15) is 16.9 Å². The van der Waals surface area contributed by atoms with Crippen LogP contribution in [0.4, 0.5) is 8.78 Å². The molecule has 0 aliphatic heterocycles. The van der Waals surface area contributed by atoms with Crippen LogP contribution in [0.15, 0.2) is 35.1 Å². The van der Waals surface area contributed by atoms with Gasteiger partial charge in [-0.1, -0.05) is 22.8 Å². The molecular formula is C20H14ClF2N9O2. The van der Waals surface area contributed by atoms with E-state index in [4.69, 9.17) is 16.1 Å². The third kappa shape index (κ3) is 4.06. The molecular weight excluding hydrogens is 472 g/mol. The minimum Gasteiger partial charge on any atom is -0.347 e. The van der Waals surface area contributed by atoms with Crippen LogP contribution in [0.2, 0.25) is 5.15 Å². The van der Waals surface area contributed by atoms with Crippen molar-refractivity contribution in [2.45, 2.75) is 12.3 Å². The number of pyridine rings is 1.